The molecule has 0 aliphatic carbocycles. The SMILES string of the molecule is CCn1c(CSc2nnc(-c3ccoc3C)o2)nc2cc(S(=O)(=O)N3CCCCC3)ccc21. The molecule has 4 heterocycles. The summed E-state index contributed by atoms with van der Waals surface area (Å²) >= 11 is 1.39. The summed E-state index contributed by atoms with van der Waals surface area (Å²) in [6, 6.07) is 7.02. The molecule has 0 atom stereocenters. The second-order valence-electron chi connectivity index (χ2n) is 7.94. The van der Waals surface area contributed by atoms with E-state index in [1.807, 2.05) is 19.9 Å². The van der Waals surface area contributed by atoms with Crippen LogP contribution in [0.1, 0.15) is 37.8 Å². The number of aromatic nitrogens is 4. The number of imidazole rings is 1. The molecule has 0 spiro atoms. The summed E-state index contributed by atoms with van der Waals surface area (Å²) in [6.07, 6.45) is 4.48. The molecule has 9 nitrogen and oxygen atoms in total. The predicted octanol–water partition coefficient (Wildman–Crippen LogP) is 4.47. The number of sulfonamides is 1. The third kappa shape index (κ3) is 4.20. The van der Waals surface area contributed by atoms with Crippen molar-refractivity contribution in [2.24, 2.45) is 0 Å². The number of thioether (sulfide) groups is 1. The number of hydrogen-bond donors (Lipinski definition) is 0. The first-order valence-corrected chi connectivity index (χ1v) is 13.4. The fourth-order valence-corrected chi connectivity index (χ4v) is 6.39. The van der Waals surface area contributed by atoms with Gasteiger partial charge in [-0.15, -0.1) is 10.2 Å². The normalized spacial score (nSPS) is 15.5. The largest absolute Gasteiger partial charge is 0.469 e. The number of piperidine rings is 1. The maximum absolute atomic E-state index is 13.1. The minimum Gasteiger partial charge on any atom is -0.469 e. The van der Waals surface area contributed by atoms with Gasteiger partial charge in [0.15, 0.2) is 0 Å². The molecule has 0 radical (unpaired) electrons. The van der Waals surface area contributed by atoms with E-state index in [1.165, 1.54) is 11.8 Å². The molecule has 1 fully saturated rings. The Kier molecular flexibility index (Phi) is 6.02. The number of hydrogen-bond acceptors (Lipinski definition) is 8. The Morgan fingerprint density at radius 1 is 1.12 bits per heavy atom. The van der Waals surface area contributed by atoms with E-state index >= 15 is 0 Å². The van der Waals surface area contributed by atoms with Crippen molar-refractivity contribution in [1.82, 2.24) is 24.1 Å². The van der Waals surface area contributed by atoms with Gasteiger partial charge in [0.25, 0.3) is 11.1 Å². The molecule has 0 N–H and O–H groups in total. The van der Waals surface area contributed by atoms with Crippen LogP contribution in [-0.2, 0) is 22.3 Å². The number of rotatable bonds is 7. The van der Waals surface area contributed by atoms with Gasteiger partial charge in [-0.25, -0.2) is 13.4 Å². The summed E-state index contributed by atoms with van der Waals surface area (Å²) in [6.45, 7) is 5.76. The first-order valence-electron chi connectivity index (χ1n) is 11.0. The standard InChI is InChI=1S/C22H25N5O4S2/c1-3-27-19-8-7-16(33(28,29)26-10-5-4-6-11-26)13-18(19)23-20(27)14-32-22-25-24-21(31-22)17-9-12-30-15(17)2/h7-9,12-13H,3-6,10-11,14H2,1-2H3. The Bertz CT molecular complexity index is 1380. The second-order valence-corrected chi connectivity index (χ2v) is 10.8. The molecule has 0 unspecified atom stereocenters. The van der Waals surface area contributed by atoms with Gasteiger partial charge in [0.1, 0.15) is 11.6 Å². The first kappa shape index (κ1) is 22.2. The van der Waals surface area contributed by atoms with Crippen LogP contribution in [0.15, 0.2) is 49.5 Å². The van der Waals surface area contributed by atoms with Crippen molar-refractivity contribution in [2.45, 2.75) is 55.5 Å². The van der Waals surface area contributed by atoms with Gasteiger partial charge in [0.05, 0.1) is 33.5 Å². The van der Waals surface area contributed by atoms with Gasteiger partial charge < -0.3 is 13.4 Å². The summed E-state index contributed by atoms with van der Waals surface area (Å²) < 4.78 is 40.9. The van der Waals surface area contributed by atoms with Crippen LogP contribution < -0.4 is 0 Å². The highest BCUT2D eigenvalue weighted by molar-refractivity contribution is 7.98. The highest BCUT2D eigenvalue weighted by Crippen LogP contribution is 2.30. The molecule has 33 heavy (non-hydrogen) atoms. The molecule has 3 aromatic heterocycles. The van der Waals surface area contributed by atoms with Crippen LogP contribution in [0.4, 0.5) is 0 Å². The second kappa shape index (κ2) is 8.96. The third-order valence-corrected chi connectivity index (χ3v) is 8.60. The van der Waals surface area contributed by atoms with E-state index in [0.717, 1.165) is 41.9 Å². The number of aryl methyl sites for hydroxylation is 2. The van der Waals surface area contributed by atoms with Crippen molar-refractivity contribution < 1.29 is 17.3 Å². The molecule has 1 aliphatic rings. The monoisotopic (exact) mass is 487 g/mol. The maximum atomic E-state index is 13.1. The summed E-state index contributed by atoms with van der Waals surface area (Å²) in [7, 11) is -3.50. The molecule has 1 aromatic carbocycles. The average Bonchev–Trinajstić information content (AvgIpc) is 3.55. The van der Waals surface area contributed by atoms with Crippen LogP contribution in [0.5, 0.6) is 0 Å². The topological polar surface area (TPSA) is 107 Å². The van der Waals surface area contributed by atoms with E-state index in [0.29, 0.717) is 46.9 Å². The van der Waals surface area contributed by atoms with Crippen LogP contribution in [0, 0.1) is 6.92 Å². The lowest BCUT2D eigenvalue weighted by Crippen LogP contribution is -2.35. The van der Waals surface area contributed by atoms with Gasteiger partial charge in [0.2, 0.25) is 10.0 Å². The van der Waals surface area contributed by atoms with Gasteiger partial charge in [-0.1, -0.05) is 18.2 Å². The van der Waals surface area contributed by atoms with Crippen LogP contribution in [0.25, 0.3) is 22.5 Å². The van der Waals surface area contributed by atoms with E-state index in [4.69, 9.17) is 13.8 Å². The lowest BCUT2D eigenvalue weighted by Gasteiger charge is -2.25. The highest BCUT2D eigenvalue weighted by atomic mass is 32.2. The first-order chi connectivity index (χ1) is 16.0. The third-order valence-electron chi connectivity index (χ3n) is 5.89. The molecule has 11 heteroatoms. The number of furan rings is 1. The van der Waals surface area contributed by atoms with E-state index < -0.39 is 10.0 Å². The Hall–Kier alpha value is -2.63. The zero-order chi connectivity index (χ0) is 23.0. The average molecular weight is 488 g/mol. The molecule has 0 amide bonds. The summed E-state index contributed by atoms with van der Waals surface area (Å²) in [5, 5.41) is 8.66. The molecular weight excluding hydrogens is 462 g/mol. The smallest absolute Gasteiger partial charge is 0.277 e. The molecule has 5 rings (SSSR count). The van der Waals surface area contributed by atoms with Crippen LogP contribution in [0.2, 0.25) is 0 Å². The van der Waals surface area contributed by atoms with E-state index in [-0.39, 0.29) is 0 Å². The van der Waals surface area contributed by atoms with Crippen molar-refractivity contribution in [1.29, 1.82) is 0 Å². The molecule has 4 aromatic rings. The number of benzene rings is 1. The van der Waals surface area contributed by atoms with Gasteiger partial charge in [0, 0.05) is 19.6 Å². The van der Waals surface area contributed by atoms with Gasteiger partial charge >= 0.3 is 0 Å². The zero-order valence-electron chi connectivity index (χ0n) is 18.5. The van der Waals surface area contributed by atoms with Crippen molar-refractivity contribution >= 4 is 32.8 Å². The minimum absolute atomic E-state index is 0.300. The number of fused-ring (bicyclic) bond motifs is 1. The zero-order valence-corrected chi connectivity index (χ0v) is 20.2. The Balaban J connectivity index is 1.38. The van der Waals surface area contributed by atoms with Crippen molar-refractivity contribution in [3.8, 4) is 11.5 Å². The summed E-state index contributed by atoms with van der Waals surface area (Å²) in [5.41, 5.74) is 2.36. The predicted molar refractivity (Wildman–Crippen MR) is 124 cm³/mol. The van der Waals surface area contributed by atoms with Gasteiger partial charge in [-0.3, -0.25) is 0 Å². The van der Waals surface area contributed by atoms with Crippen LogP contribution >= 0.6 is 11.8 Å². The maximum Gasteiger partial charge on any atom is 0.277 e. The molecular formula is C22H25N5O4S2. The van der Waals surface area contributed by atoms with Crippen molar-refractivity contribution in [2.75, 3.05) is 13.1 Å². The number of nitrogens with zero attached hydrogens (tertiary/aromatic N) is 5. The van der Waals surface area contributed by atoms with Crippen molar-refractivity contribution in [3.05, 3.63) is 42.1 Å². The van der Waals surface area contributed by atoms with Crippen LogP contribution in [-0.4, -0.2) is 45.6 Å². The fourth-order valence-electron chi connectivity index (χ4n) is 4.15. The molecule has 174 valence electrons. The summed E-state index contributed by atoms with van der Waals surface area (Å²) in [4.78, 5) is 5.04. The van der Waals surface area contributed by atoms with E-state index in [9.17, 15) is 8.42 Å². The summed E-state index contributed by atoms with van der Waals surface area (Å²) in [5.74, 6) is 2.48. The van der Waals surface area contributed by atoms with Crippen LogP contribution in [0.3, 0.4) is 0 Å². The molecule has 0 bridgehead atoms. The van der Waals surface area contributed by atoms with Gasteiger partial charge in [-0.2, -0.15) is 4.31 Å². The lowest BCUT2D eigenvalue weighted by atomic mass is 10.2. The molecule has 0 saturated carbocycles. The van der Waals surface area contributed by atoms with E-state index in [2.05, 4.69) is 14.8 Å². The molecule has 1 aliphatic heterocycles. The molecule has 1 saturated heterocycles. The van der Waals surface area contributed by atoms with Crippen molar-refractivity contribution in [3.63, 3.8) is 0 Å². The highest BCUT2D eigenvalue weighted by Gasteiger charge is 2.26. The van der Waals surface area contributed by atoms with E-state index in [1.54, 1.807) is 28.8 Å². The quantitative estimate of drug-likeness (QED) is 0.351. The minimum atomic E-state index is -3.50. The van der Waals surface area contributed by atoms with Gasteiger partial charge in [-0.05, 0) is 51.0 Å². The Morgan fingerprint density at radius 2 is 1.94 bits per heavy atom. The fraction of sp³-hybridized carbons (Fsp3) is 0.409. The lowest BCUT2D eigenvalue weighted by molar-refractivity contribution is 0.346. The Morgan fingerprint density at radius 3 is 2.67 bits per heavy atom. The Labute approximate surface area is 196 Å².